The first kappa shape index (κ1) is 11.7. The lowest BCUT2D eigenvalue weighted by atomic mass is 9.87. The van der Waals surface area contributed by atoms with Crippen LogP contribution in [0, 0.1) is 11.2 Å². The third-order valence-corrected chi connectivity index (χ3v) is 3.85. The molecule has 0 saturated heterocycles. The Bertz CT molecular complexity index is 369. The minimum absolute atomic E-state index is 0.214. The lowest BCUT2D eigenvalue weighted by molar-refractivity contribution is 0.349. The van der Waals surface area contributed by atoms with Crippen LogP contribution < -0.4 is 5.32 Å². The van der Waals surface area contributed by atoms with Crippen molar-refractivity contribution in [1.82, 2.24) is 0 Å². The van der Waals surface area contributed by atoms with Crippen molar-refractivity contribution in [3.63, 3.8) is 0 Å². The molecule has 16 heavy (non-hydrogen) atoms. The zero-order chi connectivity index (χ0) is 11.8. The highest BCUT2D eigenvalue weighted by molar-refractivity contribution is 6.33. The van der Waals surface area contributed by atoms with Gasteiger partial charge in [-0.05, 0) is 30.4 Å². The van der Waals surface area contributed by atoms with E-state index >= 15 is 0 Å². The lowest BCUT2D eigenvalue weighted by Gasteiger charge is -2.29. The molecule has 1 aromatic carbocycles. The summed E-state index contributed by atoms with van der Waals surface area (Å²) in [6, 6.07) is 5.09. The Labute approximate surface area is 101 Å². The first-order chi connectivity index (χ1) is 7.50. The van der Waals surface area contributed by atoms with Crippen LogP contribution >= 0.6 is 11.6 Å². The van der Waals surface area contributed by atoms with Crippen LogP contribution in [0.1, 0.15) is 33.1 Å². The van der Waals surface area contributed by atoms with Gasteiger partial charge < -0.3 is 5.32 Å². The predicted molar refractivity (Wildman–Crippen MR) is 66.5 cm³/mol. The van der Waals surface area contributed by atoms with Crippen molar-refractivity contribution in [3.05, 3.63) is 29.0 Å². The molecule has 2 rings (SSSR count). The molecule has 1 N–H and O–H groups in total. The Morgan fingerprint density at radius 3 is 2.75 bits per heavy atom. The summed E-state index contributed by atoms with van der Waals surface area (Å²) in [5.74, 6) is -0.268. The molecule has 1 atom stereocenters. The minimum atomic E-state index is -0.268. The van der Waals surface area contributed by atoms with Crippen molar-refractivity contribution in [3.8, 4) is 0 Å². The molecule has 1 aliphatic carbocycles. The van der Waals surface area contributed by atoms with Gasteiger partial charge in [0.05, 0.1) is 10.7 Å². The number of rotatable bonds is 2. The highest BCUT2D eigenvalue weighted by Gasteiger charge is 2.34. The van der Waals surface area contributed by atoms with E-state index in [0.29, 0.717) is 16.8 Å². The summed E-state index contributed by atoms with van der Waals surface area (Å²) in [6.07, 6.45) is 3.45. The molecule has 1 fully saturated rings. The highest BCUT2D eigenvalue weighted by atomic mass is 35.5. The fourth-order valence-corrected chi connectivity index (χ4v) is 2.62. The van der Waals surface area contributed by atoms with E-state index in [0.717, 1.165) is 6.42 Å². The molecule has 0 amide bonds. The molecular formula is C13H17ClFN. The van der Waals surface area contributed by atoms with Crippen LogP contribution in [0.2, 0.25) is 5.02 Å². The first-order valence-corrected chi connectivity index (χ1v) is 6.09. The van der Waals surface area contributed by atoms with Crippen LogP contribution in [0.5, 0.6) is 0 Å². The molecule has 1 unspecified atom stereocenters. The summed E-state index contributed by atoms with van der Waals surface area (Å²) < 4.78 is 13.6. The molecule has 0 aromatic heterocycles. The molecule has 88 valence electrons. The van der Waals surface area contributed by atoms with Crippen LogP contribution in [-0.2, 0) is 0 Å². The molecule has 0 heterocycles. The zero-order valence-corrected chi connectivity index (χ0v) is 10.4. The van der Waals surface area contributed by atoms with E-state index in [-0.39, 0.29) is 11.2 Å². The molecule has 0 aliphatic heterocycles. The average molecular weight is 242 g/mol. The third kappa shape index (κ3) is 2.17. The number of anilines is 1. The van der Waals surface area contributed by atoms with Gasteiger partial charge in [-0.25, -0.2) is 4.39 Å². The zero-order valence-electron chi connectivity index (χ0n) is 9.69. The standard InChI is InChI=1S/C13H17ClFN/c1-13(2)8-4-7-11(13)16-12-9(14)5-3-6-10(12)15/h3,5-6,11,16H,4,7-8H2,1-2H3. The van der Waals surface area contributed by atoms with E-state index in [4.69, 9.17) is 11.6 Å². The summed E-state index contributed by atoms with van der Waals surface area (Å²) in [7, 11) is 0. The molecule has 0 spiro atoms. The van der Waals surface area contributed by atoms with Gasteiger partial charge in [0.2, 0.25) is 0 Å². The molecular weight excluding hydrogens is 225 g/mol. The molecule has 1 aliphatic rings. The number of hydrogen-bond acceptors (Lipinski definition) is 1. The maximum Gasteiger partial charge on any atom is 0.147 e. The quantitative estimate of drug-likeness (QED) is 0.806. The second-order valence-corrected chi connectivity index (χ2v) is 5.58. The Morgan fingerprint density at radius 1 is 1.44 bits per heavy atom. The van der Waals surface area contributed by atoms with Gasteiger partial charge in [0, 0.05) is 6.04 Å². The van der Waals surface area contributed by atoms with Crippen molar-refractivity contribution in [2.45, 2.75) is 39.2 Å². The molecule has 1 aromatic rings. The Kier molecular flexibility index (Phi) is 3.11. The normalized spacial score (nSPS) is 23.4. The first-order valence-electron chi connectivity index (χ1n) is 5.71. The second-order valence-electron chi connectivity index (χ2n) is 5.17. The molecule has 1 nitrogen and oxygen atoms in total. The van der Waals surface area contributed by atoms with Gasteiger partial charge in [-0.2, -0.15) is 0 Å². The molecule has 0 radical (unpaired) electrons. The van der Waals surface area contributed by atoms with E-state index < -0.39 is 0 Å². The second kappa shape index (κ2) is 4.25. The summed E-state index contributed by atoms with van der Waals surface area (Å²) in [4.78, 5) is 0. The van der Waals surface area contributed by atoms with Gasteiger partial charge in [0.15, 0.2) is 0 Å². The lowest BCUT2D eigenvalue weighted by Crippen LogP contribution is -2.31. The monoisotopic (exact) mass is 241 g/mol. The maximum atomic E-state index is 13.6. The Morgan fingerprint density at radius 2 is 2.19 bits per heavy atom. The fourth-order valence-electron chi connectivity index (χ4n) is 2.40. The SMILES string of the molecule is CC1(C)CCCC1Nc1c(F)cccc1Cl. The van der Waals surface area contributed by atoms with E-state index in [1.165, 1.54) is 18.9 Å². The number of benzene rings is 1. The van der Waals surface area contributed by atoms with Gasteiger partial charge in [-0.1, -0.05) is 37.9 Å². The highest BCUT2D eigenvalue weighted by Crippen LogP contribution is 2.40. The van der Waals surface area contributed by atoms with Gasteiger partial charge >= 0.3 is 0 Å². The number of hydrogen-bond donors (Lipinski definition) is 1. The summed E-state index contributed by atoms with van der Waals surface area (Å²) >= 11 is 6.00. The van der Waals surface area contributed by atoms with Gasteiger partial charge in [-0.3, -0.25) is 0 Å². The van der Waals surface area contributed by atoms with Crippen LogP contribution in [0.3, 0.4) is 0 Å². The summed E-state index contributed by atoms with van der Waals surface area (Å²) in [5, 5.41) is 3.72. The van der Waals surface area contributed by atoms with Gasteiger partial charge in [0.1, 0.15) is 5.82 Å². The summed E-state index contributed by atoms with van der Waals surface area (Å²) in [5.41, 5.74) is 0.662. The van der Waals surface area contributed by atoms with E-state index in [1.54, 1.807) is 12.1 Å². The minimum Gasteiger partial charge on any atom is -0.378 e. The number of nitrogens with one attached hydrogen (secondary N) is 1. The third-order valence-electron chi connectivity index (χ3n) is 3.54. The number of para-hydroxylation sites is 1. The molecule has 3 heteroatoms. The van der Waals surface area contributed by atoms with E-state index in [2.05, 4.69) is 19.2 Å². The van der Waals surface area contributed by atoms with Crippen molar-refractivity contribution in [2.24, 2.45) is 5.41 Å². The maximum absolute atomic E-state index is 13.6. The van der Waals surface area contributed by atoms with Gasteiger partial charge in [-0.15, -0.1) is 0 Å². The Balaban J connectivity index is 2.21. The number of halogens is 2. The van der Waals surface area contributed by atoms with Crippen LogP contribution in [-0.4, -0.2) is 6.04 Å². The van der Waals surface area contributed by atoms with Crippen LogP contribution in [0.4, 0.5) is 10.1 Å². The largest absolute Gasteiger partial charge is 0.378 e. The molecule has 0 bridgehead atoms. The topological polar surface area (TPSA) is 12.0 Å². The van der Waals surface area contributed by atoms with Crippen molar-refractivity contribution >= 4 is 17.3 Å². The molecule has 1 saturated carbocycles. The van der Waals surface area contributed by atoms with Crippen molar-refractivity contribution in [2.75, 3.05) is 5.32 Å². The van der Waals surface area contributed by atoms with E-state index in [1.807, 2.05) is 0 Å². The average Bonchev–Trinajstić information content (AvgIpc) is 2.52. The van der Waals surface area contributed by atoms with Gasteiger partial charge in [0.25, 0.3) is 0 Å². The van der Waals surface area contributed by atoms with E-state index in [9.17, 15) is 4.39 Å². The van der Waals surface area contributed by atoms with Crippen LogP contribution in [0.25, 0.3) is 0 Å². The van der Waals surface area contributed by atoms with Crippen molar-refractivity contribution in [1.29, 1.82) is 0 Å². The fraction of sp³-hybridized carbons (Fsp3) is 0.538. The van der Waals surface area contributed by atoms with Crippen LogP contribution in [0.15, 0.2) is 18.2 Å². The Hall–Kier alpha value is -0.760. The smallest absolute Gasteiger partial charge is 0.147 e. The summed E-state index contributed by atoms with van der Waals surface area (Å²) in [6.45, 7) is 4.43. The predicted octanol–water partition coefficient (Wildman–Crippen LogP) is 4.47. The van der Waals surface area contributed by atoms with Crippen molar-refractivity contribution < 1.29 is 4.39 Å².